The zero-order valence-electron chi connectivity index (χ0n) is 9.13. The summed E-state index contributed by atoms with van der Waals surface area (Å²) in [6, 6.07) is 1.32. The van der Waals surface area contributed by atoms with E-state index in [0.717, 1.165) is 6.42 Å². The van der Waals surface area contributed by atoms with Gasteiger partial charge in [-0.1, -0.05) is 0 Å². The van der Waals surface area contributed by atoms with E-state index < -0.39 is 12.1 Å². The molecule has 0 N–H and O–H groups in total. The molecule has 1 saturated heterocycles. The highest BCUT2D eigenvalue weighted by molar-refractivity contribution is 4.92. The van der Waals surface area contributed by atoms with Crippen LogP contribution in [0.2, 0.25) is 0 Å². The fourth-order valence-corrected chi connectivity index (χ4v) is 1.93. The van der Waals surface area contributed by atoms with Gasteiger partial charge in [-0.3, -0.25) is 0 Å². The zero-order valence-corrected chi connectivity index (χ0v) is 9.13. The van der Waals surface area contributed by atoms with Crippen LogP contribution in [0.25, 0.3) is 0 Å². The number of rotatable bonds is 4. The topological polar surface area (TPSA) is 36.3 Å². The molecule has 1 fully saturated rings. The molecule has 0 saturated carbocycles. The molecule has 0 radical (unpaired) electrons. The van der Waals surface area contributed by atoms with E-state index in [4.69, 9.17) is 10.00 Å². The van der Waals surface area contributed by atoms with Gasteiger partial charge in [-0.15, -0.1) is 0 Å². The molecule has 0 aliphatic carbocycles. The molecule has 16 heavy (non-hydrogen) atoms. The molecule has 6 heteroatoms. The maximum absolute atomic E-state index is 12.3. The van der Waals surface area contributed by atoms with E-state index in [0.29, 0.717) is 19.7 Å². The van der Waals surface area contributed by atoms with Crippen LogP contribution in [-0.2, 0) is 4.74 Å². The molecular formula is C10H15F3N2O. The molecule has 1 aliphatic heterocycles. The van der Waals surface area contributed by atoms with Gasteiger partial charge in [-0.05, 0) is 18.9 Å². The summed E-state index contributed by atoms with van der Waals surface area (Å²) in [5.41, 5.74) is 0. The molecule has 2 unspecified atom stereocenters. The lowest BCUT2D eigenvalue weighted by molar-refractivity contribution is -0.162. The summed E-state index contributed by atoms with van der Waals surface area (Å²) in [6.07, 6.45) is -3.59. The van der Waals surface area contributed by atoms with Crippen molar-refractivity contribution in [3.63, 3.8) is 0 Å². The van der Waals surface area contributed by atoms with Crippen LogP contribution in [-0.4, -0.2) is 44.4 Å². The van der Waals surface area contributed by atoms with Crippen LogP contribution in [0.4, 0.5) is 13.2 Å². The molecule has 0 bridgehead atoms. The number of ether oxygens (including phenoxy) is 1. The first kappa shape index (κ1) is 13.3. The molecule has 1 heterocycles. The lowest BCUT2D eigenvalue weighted by atomic mass is 10.1. The van der Waals surface area contributed by atoms with Crippen LogP contribution in [0, 0.1) is 23.2 Å². The van der Waals surface area contributed by atoms with Crippen LogP contribution < -0.4 is 0 Å². The van der Waals surface area contributed by atoms with E-state index in [1.807, 2.05) is 0 Å². The van der Waals surface area contributed by atoms with Gasteiger partial charge in [0, 0.05) is 20.2 Å². The molecule has 1 rings (SSSR count). The summed E-state index contributed by atoms with van der Waals surface area (Å²) in [5, 5.41) is 8.47. The third-order valence-electron chi connectivity index (χ3n) is 2.76. The molecule has 0 aromatic rings. The van der Waals surface area contributed by atoms with Crippen LogP contribution >= 0.6 is 0 Å². The van der Waals surface area contributed by atoms with Gasteiger partial charge in [-0.25, -0.2) is 0 Å². The molecule has 3 nitrogen and oxygen atoms in total. The van der Waals surface area contributed by atoms with E-state index in [1.165, 1.54) is 6.07 Å². The van der Waals surface area contributed by atoms with Crippen molar-refractivity contribution in [1.29, 1.82) is 5.26 Å². The van der Waals surface area contributed by atoms with E-state index in [1.54, 1.807) is 12.0 Å². The Bertz CT molecular complexity index is 262. The number of halogens is 3. The van der Waals surface area contributed by atoms with Gasteiger partial charge in [0.25, 0.3) is 0 Å². The van der Waals surface area contributed by atoms with Crippen LogP contribution in [0.5, 0.6) is 0 Å². The third-order valence-corrected chi connectivity index (χ3v) is 2.76. The Morgan fingerprint density at radius 1 is 1.56 bits per heavy atom. The molecule has 2 atom stereocenters. The smallest absolute Gasteiger partial charge is 0.384 e. The van der Waals surface area contributed by atoms with Gasteiger partial charge >= 0.3 is 6.18 Å². The highest BCUT2D eigenvalue weighted by Crippen LogP contribution is 2.28. The van der Waals surface area contributed by atoms with Crippen LogP contribution in [0.15, 0.2) is 0 Å². The predicted molar refractivity (Wildman–Crippen MR) is 51.6 cm³/mol. The van der Waals surface area contributed by atoms with Crippen LogP contribution in [0.1, 0.15) is 6.42 Å². The number of hydrogen-bond acceptors (Lipinski definition) is 3. The third kappa shape index (κ3) is 3.65. The second kappa shape index (κ2) is 5.51. The van der Waals surface area contributed by atoms with Crippen molar-refractivity contribution in [2.75, 3.05) is 33.4 Å². The minimum absolute atomic E-state index is 0.222. The van der Waals surface area contributed by atoms with Gasteiger partial charge < -0.3 is 9.64 Å². The summed E-state index contributed by atoms with van der Waals surface area (Å²) < 4.78 is 42.0. The maximum Gasteiger partial charge on any atom is 0.405 e. The van der Waals surface area contributed by atoms with Crippen molar-refractivity contribution in [2.45, 2.75) is 12.6 Å². The molecule has 0 aromatic heterocycles. The first-order chi connectivity index (χ1) is 7.47. The van der Waals surface area contributed by atoms with Crippen LogP contribution in [0.3, 0.4) is 0 Å². The van der Waals surface area contributed by atoms with E-state index in [9.17, 15) is 13.2 Å². The number of nitriles is 1. The first-order valence-electron chi connectivity index (χ1n) is 5.15. The number of alkyl halides is 3. The number of methoxy groups -OCH3 is 1. The summed E-state index contributed by atoms with van der Waals surface area (Å²) in [7, 11) is 1.58. The predicted octanol–water partition coefficient (Wildman–Crippen LogP) is 1.66. The Kier molecular flexibility index (Phi) is 4.56. The average molecular weight is 236 g/mol. The van der Waals surface area contributed by atoms with Gasteiger partial charge in [0.05, 0.1) is 12.7 Å². The van der Waals surface area contributed by atoms with Crippen molar-refractivity contribution in [3.8, 4) is 6.07 Å². The summed E-state index contributed by atoms with van der Waals surface area (Å²) in [6.45, 7) is 1.55. The molecule has 0 aromatic carbocycles. The Morgan fingerprint density at radius 2 is 2.25 bits per heavy atom. The SMILES string of the molecule is COCC1CCN(CC(C#N)C(F)(F)F)C1. The Balaban J connectivity index is 2.41. The fraction of sp³-hybridized carbons (Fsp3) is 0.900. The maximum atomic E-state index is 12.3. The summed E-state index contributed by atoms with van der Waals surface area (Å²) in [4.78, 5) is 1.69. The van der Waals surface area contributed by atoms with Gasteiger partial charge in [0.1, 0.15) is 0 Å². The lowest BCUT2D eigenvalue weighted by Crippen LogP contribution is -2.35. The molecule has 0 spiro atoms. The number of likely N-dealkylation sites (tertiary alicyclic amines) is 1. The highest BCUT2D eigenvalue weighted by atomic mass is 19.4. The second-order valence-corrected chi connectivity index (χ2v) is 4.09. The van der Waals surface area contributed by atoms with Gasteiger partial charge in [0.2, 0.25) is 0 Å². The first-order valence-corrected chi connectivity index (χ1v) is 5.15. The van der Waals surface area contributed by atoms with E-state index >= 15 is 0 Å². The Morgan fingerprint density at radius 3 is 2.75 bits per heavy atom. The molecular weight excluding hydrogens is 221 g/mol. The van der Waals surface area contributed by atoms with Crippen molar-refractivity contribution in [3.05, 3.63) is 0 Å². The van der Waals surface area contributed by atoms with Gasteiger partial charge in [-0.2, -0.15) is 18.4 Å². The fourth-order valence-electron chi connectivity index (χ4n) is 1.93. The van der Waals surface area contributed by atoms with E-state index in [-0.39, 0.29) is 12.5 Å². The normalized spacial score (nSPS) is 24.3. The van der Waals surface area contributed by atoms with Crippen molar-refractivity contribution in [2.24, 2.45) is 11.8 Å². The van der Waals surface area contributed by atoms with Crippen molar-refractivity contribution >= 4 is 0 Å². The standard InChI is InChI=1S/C10H15F3N2O/c1-16-7-8-2-3-15(5-8)6-9(4-14)10(11,12)13/h8-9H,2-3,5-7H2,1H3. The number of hydrogen-bond donors (Lipinski definition) is 0. The largest absolute Gasteiger partial charge is 0.405 e. The summed E-state index contributed by atoms with van der Waals surface area (Å²) >= 11 is 0. The monoisotopic (exact) mass is 236 g/mol. The number of nitrogens with zero attached hydrogens (tertiary/aromatic N) is 2. The average Bonchev–Trinajstić information content (AvgIpc) is 2.61. The Hall–Kier alpha value is -0.800. The van der Waals surface area contributed by atoms with E-state index in [2.05, 4.69) is 0 Å². The van der Waals surface area contributed by atoms with Crippen molar-refractivity contribution < 1.29 is 17.9 Å². The second-order valence-electron chi connectivity index (χ2n) is 4.09. The molecule has 0 amide bonds. The summed E-state index contributed by atoms with van der Waals surface area (Å²) in [5.74, 6) is -1.59. The lowest BCUT2D eigenvalue weighted by Gasteiger charge is -2.20. The van der Waals surface area contributed by atoms with Gasteiger partial charge in [0.15, 0.2) is 5.92 Å². The zero-order chi connectivity index (χ0) is 12.2. The highest BCUT2D eigenvalue weighted by Gasteiger charge is 2.41. The molecule has 92 valence electrons. The molecule has 1 aliphatic rings. The Labute approximate surface area is 92.8 Å². The van der Waals surface area contributed by atoms with Crippen molar-refractivity contribution in [1.82, 2.24) is 4.90 Å². The quantitative estimate of drug-likeness (QED) is 0.744. The minimum Gasteiger partial charge on any atom is -0.384 e. The minimum atomic E-state index is -4.42.